The molecule has 1 aliphatic rings. The smallest absolute Gasteiger partial charge is 0.272 e. The molecule has 2 amide bonds. The highest BCUT2D eigenvalue weighted by molar-refractivity contribution is 6.44. The van der Waals surface area contributed by atoms with Crippen molar-refractivity contribution in [2.75, 3.05) is 10.3 Å². The molecule has 4 rings (SSSR count). The predicted octanol–water partition coefficient (Wildman–Crippen LogP) is 2.61. The highest BCUT2D eigenvalue weighted by Crippen LogP contribution is 2.24. The first-order valence-corrected chi connectivity index (χ1v) is 10.3. The summed E-state index contributed by atoms with van der Waals surface area (Å²) in [6.45, 7) is 0.259. The van der Waals surface area contributed by atoms with Crippen LogP contribution in [-0.2, 0) is 16.1 Å². The molecule has 0 radical (unpaired) electrons. The second-order valence-corrected chi connectivity index (χ2v) is 7.69. The number of hydrogen-bond acceptors (Lipinski definition) is 5. The van der Waals surface area contributed by atoms with E-state index in [2.05, 4.69) is 10.4 Å². The second kappa shape index (κ2) is 9.07. The number of nitrogens with zero attached hydrogens (tertiary/aromatic N) is 3. The number of pyridine rings is 1. The number of carbonyl (C=O) groups excluding carboxylic acids is 2. The van der Waals surface area contributed by atoms with Crippen LogP contribution in [0, 0.1) is 0 Å². The largest absolute Gasteiger partial charge is 0.368 e. The van der Waals surface area contributed by atoms with Gasteiger partial charge in [0.25, 0.3) is 11.5 Å². The number of carbonyl (C=O) groups is 2. The molecule has 2 heterocycles. The number of amides is 2. The van der Waals surface area contributed by atoms with E-state index in [1.165, 1.54) is 21.7 Å². The van der Waals surface area contributed by atoms with Gasteiger partial charge in [-0.1, -0.05) is 48.0 Å². The molecule has 32 heavy (non-hydrogen) atoms. The van der Waals surface area contributed by atoms with Crippen molar-refractivity contribution in [1.82, 2.24) is 4.57 Å². The summed E-state index contributed by atoms with van der Waals surface area (Å²) in [6.07, 6.45) is 1.62. The van der Waals surface area contributed by atoms with Crippen molar-refractivity contribution in [1.29, 1.82) is 0 Å². The van der Waals surface area contributed by atoms with E-state index in [1.54, 1.807) is 24.4 Å². The molecular weight excluding hydrogens is 430 g/mol. The Morgan fingerprint density at radius 1 is 1.06 bits per heavy atom. The Balaban J connectivity index is 1.54. The van der Waals surface area contributed by atoms with Crippen LogP contribution in [0.2, 0.25) is 5.02 Å². The third kappa shape index (κ3) is 4.55. The standard InChI is InChI=1S/C23H20ClN5O3/c24-18-9-5-4-6-15(18)13-28-14-16(10-11-21(28)30)26-23(32)19-12-20(22(25)31)29(27-19)17-7-2-1-3-8-17/h1-11,14,20H,12-13H2,(H2,25,31)(H,26,32). The normalized spacial score (nSPS) is 15.3. The summed E-state index contributed by atoms with van der Waals surface area (Å²) in [6, 6.07) is 18.4. The first-order valence-electron chi connectivity index (χ1n) is 9.88. The van der Waals surface area contributed by atoms with E-state index in [9.17, 15) is 14.4 Å². The maximum Gasteiger partial charge on any atom is 0.272 e. The van der Waals surface area contributed by atoms with Crippen LogP contribution in [0.1, 0.15) is 12.0 Å². The Bertz CT molecular complexity index is 1260. The monoisotopic (exact) mass is 449 g/mol. The Kier molecular flexibility index (Phi) is 6.04. The molecule has 1 aromatic heterocycles. The van der Waals surface area contributed by atoms with Gasteiger partial charge in [0.05, 0.1) is 17.9 Å². The highest BCUT2D eigenvalue weighted by Gasteiger charge is 2.35. The van der Waals surface area contributed by atoms with Crippen molar-refractivity contribution in [3.05, 3.63) is 93.9 Å². The van der Waals surface area contributed by atoms with Gasteiger partial charge in [-0.15, -0.1) is 0 Å². The molecule has 0 saturated heterocycles. The fourth-order valence-electron chi connectivity index (χ4n) is 3.43. The number of nitrogens with two attached hydrogens (primary N) is 1. The van der Waals surface area contributed by atoms with Gasteiger partial charge in [-0.3, -0.25) is 19.4 Å². The van der Waals surface area contributed by atoms with Gasteiger partial charge in [-0.05, 0) is 29.8 Å². The first-order chi connectivity index (χ1) is 15.4. The van der Waals surface area contributed by atoms with Gasteiger partial charge in [0.1, 0.15) is 11.8 Å². The number of hydrogen-bond donors (Lipinski definition) is 2. The zero-order valence-corrected chi connectivity index (χ0v) is 17.7. The fourth-order valence-corrected chi connectivity index (χ4v) is 3.63. The van der Waals surface area contributed by atoms with Crippen LogP contribution >= 0.6 is 11.6 Å². The molecule has 9 heteroatoms. The number of rotatable bonds is 6. The lowest BCUT2D eigenvalue weighted by Gasteiger charge is -2.20. The van der Waals surface area contributed by atoms with Crippen LogP contribution in [0.5, 0.6) is 0 Å². The molecule has 0 fully saturated rings. The SMILES string of the molecule is NC(=O)C1CC(C(=O)Nc2ccc(=O)n(Cc3ccccc3Cl)c2)=NN1c1ccccc1. The van der Waals surface area contributed by atoms with Gasteiger partial charge in [0, 0.05) is 23.7 Å². The lowest BCUT2D eigenvalue weighted by Crippen LogP contribution is -2.39. The Morgan fingerprint density at radius 3 is 2.50 bits per heavy atom. The quantitative estimate of drug-likeness (QED) is 0.602. The van der Waals surface area contributed by atoms with Gasteiger partial charge >= 0.3 is 0 Å². The number of nitrogens with one attached hydrogen (secondary N) is 1. The lowest BCUT2D eigenvalue weighted by atomic mass is 10.1. The summed E-state index contributed by atoms with van der Waals surface area (Å²) in [5.74, 6) is -1.05. The minimum absolute atomic E-state index is 0.0787. The van der Waals surface area contributed by atoms with E-state index in [0.29, 0.717) is 16.4 Å². The number of aromatic nitrogens is 1. The minimum Gasteiger partial charge on any atom is -0.368 e. The molecule has 2 aromatic carbocycles. The number of primary amides is 1. The second-order valence-electron chi connectivity index (χ2n) is 7.28. The number of anilines is 2. The average Bonchev–Trinajstić information content (AvgIpc) is 3.24. The van der Waals surface area contributed by atoms with E-state index in [4.69, 9.17) is 17.3 Å². The summed E-state index contributed by atoms with van der Waals surface area (Å²) in [5.41, 5.74) is 7.32. The maximum atomic E-state index is 12.8. The predicted molar refractivity (Wildman–Crippen MR) is 124 cm³/mol. The zero-order chi connectivity index (χ0) is 22.7. The molecule has 0 spiro atoms. The Hall–Kier alpha value is -3.91. The van der Waals surface area contributed by atoms with Crippen LogP contribution in [-0.4, -0.2) is 28.1 Å². The molecule has 3 aromatic rings. The molecule has 3 N–H and O–H groups in total. The van der Waals surface area contributed by atoms with Crippen molar-refractivity contribution >= 4 is 40.5 Å². The third-order valence-electron chi connectivity index (χ3n) is 5.06. The third-order valence-corrected chi connectivity index (χ3v) is 5.43. The molecule has 1 aliphatic heterocycles. The van der Waals surface area contributed by atoms with E-state index in [0.717, 1.165) is 5.56 Å². The van der Waals surface area contributed by atoms with Crippen LogP contribution < -0.4 is 21.6 Å². The highest BCUT2D eigenvalue weighted by atomic mass is 35.5. The van der Waals surface area contributed by atoms with Crippen LogP contribution in [0.25, 0.3) is 0 Å². The number of hydrazone groups is 1. The van der Waals surface area contributed by atoms with E-state index >= 15 is 0 Å². The van der Waals surface area contributed by atoms with E-state index in [1.807, 2.05) is 36.4 Å². The van der Waals surface area contributed by atoms with Gasteiger partial charge in [0.15, 0.2) is 0 Å². The van der Waals surface area contributed by atoms with Crippen molar-refractivity contribution in [3.63, 3.8) is 0 Å². The van der Waals surface area contributed by atoms with Gasteiger partial charge in [0.2, 0.25) is 5.91 Å². The van der Waals surface area contributed by atoms with Crippen LogP contribution in [0.15, 0.2) is 82.8 Å². The summed E-state index contributed by atoms with van der Waals surface area (Å²) in [7, 11) is 0. The summed E-state index contributed by atoms with van der Waals surface area (Å²) >= 11 is 6.20. The minimum atomic E-state index is -0.757. The molecule has 8 nitrogen and oxygen atoms in total. The average molecular weight is 450 g/mol. The first kappa shape index (κ1) is 21.3. The molecule has 0 bridgehead atoms. The summed E-state index contributed by atoms with van der Waals surface area (Å²) in [5, 5.41) is 9.07. The lowest BCUT2D eigenvalue weighted by molar-refractivity contribution is -0.119. The summed E-state index contributed by atoms with van der Waals surface area (Å²) < 4.78 is 1.45. The molecule has 1 unspecified atom stereocenters. The number of para-hydroxylation sites is 1. The Labute approximate surface area is 188 Å². The topological polar surface area (TPSA) is 110 Å². The van der Waals surface area contributed by atoms with Crippen molar-refractivity contribution in [2.45, 2.75) is 19.0 Å². The van der Waals surface area contributed by atoms with Crippen molar-refractivity contribution in [2.24, 2.45) is 10.8 Å². The molecule has 0 aliphatic carbocycles. The van der Waals surface area contributed by atoms with Crippen LogP contribution in [0.3, 0.4) is 0 Å². The summed E-state index contributed by atoms with van der Waals surface area (Å²) in [4.78, 5) is 37.0. The van der Waals surface area contributed by atoms with Gasteiger partial charge in [-0.2, -0.15) is 5.10 Å². The van der Waals surface area contributed by atoms with Crippen molar-refractivity contribution < 1.29 is 9.59 Å². The number of benzene rings is 2. The molecule has 162 valence electrons. The van der Waals surface area contributed by atoms with Gasteiger partial charge < -0.3 is 15.6 Å². The van der Waals surface area contributed by atoms with Crippen LogP contribution in [0.4, 0.5) is 11.4 Å². The van der Waals surface area contributed by atoms with Crippen molar-refractivity contribution in [3.8, 4) is 0 Å². The zero-order valence-electron chi connectivity index (χ0n) is 16.9. The fraction of sp³-hybridized carbons (Fsp3) is 0.130. The maximum absolute atomic E-state index is 12.8. The van der Waals surface area contributed by atoms with E-state index < -0.39 is 17.9 Å². The molecule has 0 saturated carbocycles. The van der Waals surface area contributed by atoms with E-state index in [-0.39, 0.29) is 24.2 Å². The van der Waals surface area contributed by atoms with Gasteiger partial charge in [-0.25, -0.2) is 0 Å². The molecule has 1 atom stereocenters. The Morgan fingerprint density at radius 2 is 1.78 bits per heavy atom. The number of halogens is 1. The molecular formula is C23H20ClN5O3.